The van der Waals surface area contributed by atoms with Crippen LogP contribution in [0, 0.1) is 0 Å². The Bertz CT molecular complexity index is 1160. The highest BCUT2D eigenvalue weighted by molar-refractivity contribution is 9.10. The summed E-state index contributed by atoms with van der Waals surface area (Å²) in [6.45, 7) is 1.96. The Hall–Kier alpha value is -2.51. The molecule has 130 valence electrons. The minimum Gasteiger partial charge on any atom is -0.320 e. The van der Waals surface area contributed by atoms with E-state index in [9.17, 15) is 4.79 Å². The summed E-state index contributed by atoms with van der Waals surface area (Å²) in [5.74, 6) is -0.263. The maximum atomic E-state index is 13.0. The van der Waals surface area contributed by atoms with Gasteiger partial charge in [-0.2, -0.15) is 0 Å². The third-order valence-electron chi connectivity index (χ3n) is 4.03. The molecule has 0 unspecified atom stereocenters. The Kier molecular flexibility index (Phi) is 4.34. The summed E-state index contributed by atoms with van der Waals surface area (Å²) in [7, 11) is 0. The van der Waals surface area contributed by atoms with Crippen molar-refractivity contribution in [3.63, 3.8) is 0 Å². The number of benzene rings is 1. The van der Waals surface area contributed by atoms with E-state index in [2.05, 4.69) is 36.2 Å². The van der Waals surface area contributed by atoms with Crippen molar-refractivity contribution in [2.75, 3.05) is 5.32 Å². The van der Waals surface area contributed by atoms with Gasteiger partial charge < -0.3 is 5.32 Å². The first-order valence-electron chi connectivity index (χ1n) is 7.95. The van der Waals surface area contributed by atoms with Crippen molar-refractivity contribution in [2.45, 2.75) is 13.3 Å². The third kappa shape index (κ3) is 2.83. The first-order chi connectivity index (χ1) is 12.6. The standard InChI is InChI=1S/C18H13BrClN5O/c1-2-11-17(25-9-10(20)3-6-14(25)23-11)18(26)24-12-4-5-13-16(15(12)19)22-8-7-21-13/h3-9H,2H2,1H3,(H,24,26). The van der Waals surface area contributed by atoms with Crippen LogP contribution in [0.3, 0.4) is 0 Å². The number of carbonyl (C=O) groups is 1. The average molecular weight is 431 g/mol. The first-order valence-corrected chi connectivity index (χ1v) is 9.12. The molecule has 3 aromatic heterocycles. The highest BCUT2D eigenvalue weighted by atomic mass is 79.9. The molecule has 0 saturated heterocycles. The van der Waals surface area contributed by atoms with E-state index < -0.39 is 0 Å². The molecule has 4 aromatic rings. The number of amides is 1. The van der Waals surface area contributed by atoms with Gasteiger partial charge in [-0.05, 0) is 46.6 Å². The lowest BCUT2D eigenvalue weighted by molar-refractivity contribution is 0.102. The quantitative estimate of drug-likeness (QED) is 0.519. The van der Waals surface area contributed by atoms with E-state index in [-0.39, 0.29) is 5.91 Å². The van der Waals surface area contributed by atoms with Gasteiger partial charge >= 0.3 is 0 Å². The normalized spacial score (nSPS) is 11.2. The van der Waals surface area contributed by atoms with Crippen molar-refractivity contribution in [2.24, 2.45) is 0 Å². The summed E-state index contributed by atoms with van der Waals surface area (Å²) in [6, 6.07) is 7.15. The number of aromatic nitrogens is 4. The van der Waals surface area contributed by atoms with E-state index >= 15 is 0 Å². The number of hydrogen-bond donors (Lipinski definition) is 1. The van der Waals surface area contributed by atoms with Crippen LogP contribution in [0.4, 0.5) is 5.69 Å². The molecule has 1 amide bonds. The summed E-state index contributed by atoms with van der Waals surface area (Å²) in [6.07, 6.45) is 5.56. The molecular formula is C18H13BrClN5O. The summed E-state index contributed by atoms with van der Waals surface area (Å²) >= 11 is 9.61. The Balaban J connectivity index is 1.79. The van der Waals surface area contributed by atoms with Crippen molar-refractivity contribution < 1.29 is 4.79 Å². The van der Waals surface area contributed by atoms with Gasteiger partial charge in [0.15, 0.2) is 0 Å². The molecule has 0 fully saturated rings. The van der Waals surface area contributed by atoms with Gasteiger partial charge in [0, 0.05) is 18.6 Å². The van der Waals surface area contributed by atoms with Gasteiger partial charge in [-0.15, -0.1) is 0 Å². The molecule has 0 radical (unpaired) electrons. The molecule has 3 heterocycles. The molecule has 0 aliphatic heterocycles. The number of imidazole rings is 1. The average Bonchev–Trinajstić information content (AvgIpc) is 3.02. The first kappa shape index (κ1) is 16.9. The molecule has 1 N–H and O–H groups in total. The SMILES string of the molecule is CCc1nc2ccc(Cl)cn2c1C(=O)Nc1ccc2nccnc2c1Br. The highest BCUT2D eigenvalue weighted by Crippen LogP contribution is 2.29. The number of nitrogens with zero attached hydrogens (tertiary/aromatic N) is 4. The summed E-state index contributed by atoms with van der Waals surface area (Å²) in [5, 5.41) is 3.47. The van der Waals surface area contributed by atoms with Gasteiger partial charge in [0.1, 0.15) is 16.9 Å². The van der Waals surface area contributed by atoms with E-state index in [4.69, 9.17) is 11.6 Å². The van der Waals surface area contributed by atoms with Crippen molar-refractivity contribution in [1.29, 1.82) is 0 Å². The number of fused-ring (bicyclic) bond motifs is 2. The Labute approximate surface area is 162 Å². The van der Waals surface area contributed by atoms with E-state index in [1.165, 1.54) is 0 Å². The topological polar surface area (TPSA) is 72.2 Å². The van der Waals surface area contributed by atoms with Crippen LogP contribution in [-0.2, 0) is 6.42 Å². The molecule has 0 bridgehead atoms. The zero-order chi connectivity index (χ0) is 18.3. The van der Waals surface area contributed by atoms with E-state index in [0.717, 1.165) is 5.52 Å². The van der Waals surface area contributed by atoms with Crippen LogP contribution in [0.2, 0.25) is 5.02 Å². The molecule has 0 aliphatic rings. The number of nitrogens with one attached hydrogen (secondary N) is 1. The maximum absolute atomic E-state index is 13.0. The molecular weight excluding hydrogens is 418 g/mol. The fourth-order valence-corrected chi connectivity index (χ4v) is 3.53. The molecule has 0 saturated carbocycles. The molecule has 1 aromatic carbocycles. The van der Waals surface area contributed by atoms with Crippen molar-refractivity contribution >= 4 is 55.8 Å². The number of anilines is 1. The van der Waals surface area contributed by atoms with Gasteiger partial charge in [0.05, 0.1) is 26.4 Å². The molecule has 26 heavy (non-hydrogen) atoms. The fraction of sp³-hybridized carbons (Fsp3) is 0.111. The Morgan fingerprint density at radius 2 is 2.04 bits per heavy atom. The monoisotopic (exact) mass is 429 g/mol. The predicted molar refractivity (Wildman–Crippen MR) is 105 cm³/mol. The van der Waals surface area contributed by atoms with Gasteiger partial charge in [-0.3, -0.25) is 19.2 Å². The van der Waals surface area contributed by atoms with E-state index in [1.54, 1.807) is 41.2 Å². The van der Waals surface area contributed by atoms with Crippen LogP contribution in [0.25, 0.3) is 16.7 Å². The molecule has 0 atom stereocenters. The predicted octanol–water partition coefficient (Wildman–Crippen LogP) is 4.51. The summed E-state index contributed by atoms with van der Waals surface area (Å²) in [5.41, 5.74) is 3.90. The summed E-state index contributed by atoms with van der Waals surface area (Å²) < 4.78 is 2.40. The minimum absolute atomic E-state index is 0.263. The lowest BCUT2D eigenvalue weighted by Crippen LogP contribution is -2.16. The second-order valence-electron chi connectivity index (χ2n) is 5.64. The number of hydrogen-bond acceptors (Lipinski definition) is 4. The lowest BCUT2D eigenvalue weighted by atomic mass is 10.2. The number of carbonyl (C=O) groups excluding carboxylic acids is 1. The smallest absolute Gasteiger partial charge is 0.274 e. The maximum Gasteiger partial charge on any atom is 0.274 e. The molecule has 8 heteroatoms. The molecule has 0 spiro atoms. The van der Waals surface area contributed by atoms with Crippen LogP contribution >= 0.6 is 27.5 Å². The second kappa shape index (κ2) is 6.66. The number of halogens is 2. The van der Waals surface area contributed by atoms with Crippen molar-refractivity contribution in [1.82, 2.24) is 19.4 Å². The molecule has 6 nitrogen and oxygen atoms in total. The number of pyridine rings is 1. The lowest BCUT2D eigenvalue weighted by Gasteiger charge is -2.10. The fourth-order valence-electron chi connectivity index (χ4n) is 2.84. The van der Waals surface area contributed by atoms with Gasteiger partial charge in [0.25, 0.3) is 5.91 Å². The number of aryl methyl sites for hydroxylation is 1. The largest absolute Gasteiger partial charge is 0.320 e. The zero-order valence-electron chi connectivity index (χ0n) is 13.7. The van der Waals surface area contributed by atoms with Gasteiger partial charge in [-0.1, -0.05) is 18.5 Å². The minimum atomic E-state index is -0.263. The van der Waals surface area contributed by atoms with Crippen LogP contribution in [0.15, 0.2) is 47.3 Å². The molecule has 4 rings (SSSR count). The summed E-state index contributed by atoms with van der Waals surface area (Å²) in [4.78, 5) is 26.1. The molecule has 0 aliphatic carbocycles. The number of rotatable bonds is 3. The van der Waals surface area contributed by atoms with Crippen LogP contribution in [0.5, 0.6) is 0 Å². The van der Waals surface area contributed by atoms with Crippen molar-refractivity contribution in [3.05, 3.63) is 63.7 Å². The van der Waals surface area contributed by atoms with Crippen LogP contribution < -0.4 is 5.32 Å². The van der Waals surface area contributed by atoms with Crippen LogP contribution in [-0.4, -0.2) is 25.3 Å². The van der Waals surface area contributed by atoms with Gasteiger partial charge in [-0.25, -0.2) is 4.98 Å². The Morgan fingerprint density at radius 1 is 1.23 bits per heavy atom. The zero-order valence-corrected chi connectivity index (χ0v) is 16.0. The van der Waals surface area contributed by atoms with Crippen LogP contribution in [0.1, 0.15) is 23.1 Å². The van der Waals surface area contributed by atoms with E-state index in [0.29, 0.717) is 44.2 Å². The van der Waals surface area contributed by atoms with Gasteiger partial charge in [0.2, 0.25) is 0 Å². The van der Waals surface area contributed by atoms with Crippen molar-refractivity contribution in [3.8, 4) is 0 Å². The third-order valence-corrected chi connectivity index (χ3v) is 5.06. The second-order valence-corrected chi connectivity index (χ2v) is 6.87. The van der Waals surface area contributed by atoms with E-state index in [1.807, 2.05) is 13.0 Å². The highest BCUT2D eigenvalue weighted by Gasteiger charge is 2.20. The Morgan fingerprint density at radius 3 is 2.85 bits per heavy atom.